The van der Waals surface area contributed by atoms with Gasteiger partial charge in [-0.15, -0.1) is 0 Å². The summed E-state index contributed by atoms with van der Waals surface area (Å²) in [7, 11) is 0. The zero-order chi connectivity index (χ0) is 22.5. The molecule has 0 fully saturated rings. The molecule has 0 aliphatic carbocycles. The summed E-state index contributed by atoms with van der Waals surface area (Å²) in [5, 5.41) is 2.10. The Bertz CT molecular complexity index is 1000. The van der Waals surface area contributed by atoms with Crippen molar-refractivity contribution in [1.29, 1.82) is 0 Å². The van der Waals surface area contributed by atoms with Crippen LogP contribution in [-0.2, 0) is 32.7 Å². The molecule has 0 radical (unpaired) electrons. The van der Waals surface area contributed by atoms with Crippen LogP contribution in [0.1, 0.15) is 27.7 Å². The lowest BCUT2D eigenvalue weighted by Gasteiger charge is -2.44. The molecule has 3 nitrogen and oxygen atoms in total. The van der Waals surface area contributed by atoms with E-state index < -0.39 is 12.8 Å². The molecule has 0 aliphatic heterocycles. The lowest BCUT2D eigenvalue weighted by molar-refractivity contribution is 0.176. The fourth-order valence-electron chi connectivity index (χ4n) is 3.29. The molecule has 3 rings (SSSR count). The molecule has 7 heteroatoms. The predicted octanol–water partition coefficient (Wildman–Crippen LogP) is 6.61. The van der Waals surface area contributed by atoms with E-state index in [0.29, 0.717) is 0 Å². The monoisotopic (exact) mass is 489 g/mol. The van der Waals surface area contributed by atoms with E-state index in [2.05, 4.69) is 28.7 Å². The van der Waals surface area contributed by atoms with Crippen LogP contribution in [0.25, 0.3) is 0 Å². The quantitative estimate of drug-likeness (QED) is 0.314. The summed E-state index contributed by atoms with van der Waals surface area (Å²) >= 11 is 12.9. The lowest BCUT2D eigenvalue weighted by atomic mass is 10.3. The van der Waals surface area contributed by atoms with Crippen LogP contribution in [0, 0.1) is 0 Å². The molecular formula is C24H29NO2P2S2. The highest BCUT2D eigenvalue weighted by Crippen LogP contribution is 2.69. The van der Waals surface area contributed by atoms with Crippen molar-refractivity contribution >= 4 is 52.7 Å². The van der Waals surface area contributed by atoms with E-state index in [4.69, 9.17) is 32.7 Å². The molecule has 0 bridgehead atoms. The minimum atomic E-state index is -3.00. The van der Waals surface area contributed by atoms with Crippen LogP contribution in [-0.4, -0.2) is 12.2 Å². The first-order chi connectivity index (χ1) is 14.8. The maximum Gasteiger partial charge on any atom is 0.295 e. The van der Waals surface area contributed by atoms with Crippen LogP contribution in [0.4, 0.5) is 5.69 Å². The second-order valence-corrected chi connectivity index (χ2v) is 15.3. The van der Waals surface area contributed by atoms with Crippen molar-refractivity contribution in [1.82, 2.24) is 0 Å². The number of anilines is 1. The Kier molecular flexibility index (Phi) is 8.26. The topological polar surface area (TPSA) is 21.7 Å². The number of benzene rings is 3. The van der Waals surface area contributed by atoms with E-state index in [1.807, 2.05) is 94.4 Å². The highest BCUT2D eigenvalue weighted by Gasteiger charge is 2.42. The molecule has 0 saturated carbocycles. The summed E-state index contributed by atoms with van der Waals surface area (Å²) in [5.74, 6) is 0. The van der Waals surface area contributed by atoms with Crippen molar-refractivity contribution in [3.63, 3.8) is 0 Å². The Morgan fingerprint density at radius 3 is 1.32 bits per heavy atom. The molecule has 31 heavy (non-hydrogen) atoms. The first-order valence-corrected chi connectivity index (χ1v) is 15.7. The van der Waals surface area contributed by atoms with Crippen molar-refractivity contribution < 1.29 is 9.05 Å². The molecule has 3 aromatic rings. The van der Waals surface area contributed by atoms with Crippen molar-refractivity contribution in [3.05, 3.63) is 91.0 Å². The Hall–Kier alpha value is -1.32. The highest BCUT2D eigenvalue weighted by atomic mass is 32.5. The second kappa shape index (κ2) is 10.5. The molecule has 0 N–H and O–H groups in total. The molecule has 0 unspecified atom stereocenters. The first kappa shape index (κ1) is 24.3. The number of rotatable bonds is 9. The molecule has 0 atom stereocenters. The van der Waals surface area contributed by atoms with E-state index in [1.165, 1.54) is 0 Å². The summed E-state index contributed by atoms with van der Waals surface area (Å²) in [6, 6.07) is 30.6. The third-order valence-electron chi connectivity index (χ3n) is 4.39. The molecule has 0 spiro atoms. The van der Waals surface area contributed by atoms with Crippen LogP contribution in [0.5, 0.6) is 0 Å². The molecule has 164 valence electrons. The lowest BCUT2D eigenvalue weighted by Crippen LogP contribution is -2.32. The van der Waals surface area contributed by atoms with Gasteiger partial charge in [0.1, 0.15) is 6.19 Å². The van der Waals surface area contributed by atoms with E-state index >= 15 is 0 Å². The molecule has 0 aliphatic rings. The normalized spacial score (nSPS) is 12.3. The largest absolute Gasteiger partial charge is 0.311 e. The average Bonchev–Trinajstić information content (AvgIpc) is 2.74. The van der Waals surface area contributed by atoms with E-state index in [-0.39, 0.29) is 12.2 Å². The zero-order valence-corrected chi connectivity index (χ0v) is 21.7. The van der Waals surface area contributed by atoms with Gasteiger partial charge in [-0.25, -0.2) is 0 Å². The van der Waals surface area contributed by atoms with Gasteiger partial charge in [-0.2, -0.15) is 0 Å². The van der Waals surface area contributed by atoms with Crippen LogP contribution in [0.3, 0.4) is 0 Å². The van der Waals surface area contributed by atoms with Crippen molar-refractivity contribution in [2.24, 2.45) is 0 Å². The van der Waals surface area contributed by atoms with Crippen molar-refractivity contribution in [3.8, 4) is 0 Å². The third kappa shape index (κ3) is 5.54. The van der Waals surface area contributed by atoms with Crippen molar-refractivity contribution in [2.45, 2.75) is 39.9 Å². The summed E-state index contributed by atoms with van der Waals surface area (Å²) < 4.78 is 15.0. The van der Waals surface area contributed by atoms with E-state index in [9.17, 15) is 0 Å². The van der Waals surface area contributed by atoms with Gasteiger partial charge in [0.25, 0.3) is 6.64 Å². The van der Waals surface area contributed by atoms with E-state index in [0.717, 1.165) is 16.3 Å². The Morgan fingerprint density at radius 1 is 0.613 bits per heavy atom. The maximum absolute atomic E-state index is 6.63. The van der Waals surface area contributed by atoms with Crippen LogP contribution in [0.2, 0.25) is 0 Å². The summed E-state index contributed by atoms with van der Waals surface area (Å²) in [4.78, 5) is 0. The second-order valence-electron chi connectivity index (χ2n) is 7.65. The number of para-hydroxylation sites is 1. The minimum absolute atomic E-state index is 0.106. The van der Waals surface area contributed by atoms with Gasteiger partial charge >= 0.3 is 0 Å². The molecule has 0 saturated heterocycles. The fourth-order valence-corrected chi connectivity index (χ4v) is 14.1. The van der Waals surface area contributed by atoms with Crippen LogP contribution >= 0.6 is 12.8 Å². The SMILES string of the molecule is CC(C)OP(=S)(OC(C)C)N(c1ccccc1)P(=S)(c1ccccc1)c1ccccc1. The molecule has 0 amide bonds. The van der Waals surface area contributed by atoms with Gasteiger partial charge in [0.05, 0.1) is 12.2 Å². The van der Waals surface area contributed by atoms with Gasteiger partial charge in [-0.3, -0.25) is 4.44 Å². The zero-order valence-electron chi connectivity index (χ0n) is 18.3. The van der Waals surface area contributed by atoms with Crippen molar-refractivity contribution in [2.75, 3.05) is 4.44 Å². The number of hydrogen-bond donors (Lipinski definition) is 0. The summed E-state index contributed by atoms with van der Waals surface area (Å²) in [6.07, 6.45) is -2.84. The minimum Gasteiger partial charge on any atom is -0.311 e. The molecule has 0 aromatic heterocycles. The predicted molar refractivity (Wildman–Crippen MR) is 142 cm³/mol. The Morgan fingerprint density at radius 2 is 0.968 bits per heavy atom. The van der Waals surface area contributed by atoms with Crippen LogP contribution < -0.4 is 15.1 Å². The Balaban J connectivity index is 2.37. The number of hydrogen-bond acceptors (Lipinski definition) is 4. The molecule has 0 heterocycles. The summed E-state index contributed by atoms with van der Waals surface area (Å²) in [5.41, 5.74) is 0.920. The van der Waals surface area contributed by atoms with Gasteiger partial charge in [0.2, 0.25) is 0 Å². The van der Waals surface area contributed by atoms with E-state index in [1.54, 1.807) is 0 Å². The maximum atomic E-state index is 6.63. The smallest absolute Gasteiger partial charge is 0.295 e. The van der Waals surface area contributed by atoms with Gasteiger partial charge in [0.15, 0.2) is 0 Å². The number of nitrogens with zero attached hydrogens (tertiary/aromatic N) is 1. The fraction of sp³-hybridized carbons (Fsp3) is 0.250. The average molecular weight is 490 g/mol. The molecule has 3 aromatic carbocycles. The van der Waals surface area contributed by atoms with Gasteiger partial charge in [-0.05, 0) is 51.6 Å². The standard InChI is InChI=1S/C24H29NO2P2S2/c1-20(2)26-29(31,27-21(3)4)25(22-14-8-5-9-15-22)28(30,23-16-10-6-11-17-23)24-18-12-7-13-19-24/h5-21H,1-4H3. The first-order valence-electron chi connectivity index (χ1n) is 10.3. The Labute approximate surface area is 196 Å². The highest BCUT2D eigenvalue weighted by molar-refractivity contribution is 8.28. The van der Waals surface area contributed by atoms with Crippen LogP contribution in [0.15, 0.2) is 91.0 Å². The molecular weight excluding hydrogens is 460 g/mol. The van der Waals surface area contributed by atoms with Gasteiger partial charge < -0.3 is 9.05 Å². The van der Waals surface area contributed by atoms with Gasteiger partial charge in [-0.1, -0.05) is 90.7 Å². The third-order valence-corrected chi connectivity index (χ3v) is 14.2. The van der Waals surface area contributed by atoms with Gasteiger partial charge in [0, 0.05) is 16.3 Å². The summed E-state index contributed by atoms with van der Waals surface area (Å²) in [6.45, 7) is 4.95.